The van der Waals surface area contributed by atoms with Crippen molar-refractivity contribution in [2.75, 3.05) is 11.4 Å². The van der Waals surface area contributed by atoms with E-state index in [-0.39, 0.29) is 0 Å². The SMILES string of the molecule is CCCCCCCCCCCCCCCCN(C(=S)c1ccccc1)c1ccccc1. The first-order chi connectivity index (χ1) is 15.3. The van der Waals surface area contributed by atoms with Crippen LogP contribution < -0.4 is 4.90 Å². The van der Waals surface area contributed by atoms with Gasteiger partial charge in [-0.05, 0) is 18.6 Å². The Hall–Kier alpha value is -1.67. The molecule has 2 aromatic rings. The van der Waals surface area contributed by atoms with Crippen LogP contribution in [-0.4, -0.2) is 11.5 Å². The molecule has 0 aliphatic rings. The van der Waals surface area contributed by atoms with Gasteiger partial charge in [-0.25, -0.2) is 0 Å². The van der Waals surface area contributed by atoms with E-state index in [1.54, 1.807) is 0 Å². The summed E-state index contributed by atoms with van der Waals surface area (Å²) in [6, 6.07) is 21.0. The summed E-state index contributed by atoms with van der Waals surface area (Å²) in [5.41, 5.74) is 2.33. The molecule has 0 bridgehead atoms. The summed E-state index contributed by atoms with van der Waals surface area (Å²) in [5.74, 6) is 0. The van der Waals surface area contributed by atoms with Crippen LogP contribution in [0.15, 0.2) is 60.7 Å². The molecule has 0 unspecified atom stereocenters. The molecule has 0 heterocycles. The van der Waals surface area contributed by atoms with E-state index in [1.807, 2.05) is 6.07 Å². The second kappa shape index (κ2) is 17.0. The van der Waals surface area contributed by atoms with Crippen LogP contribution >= 0.6 is 12.2 Å². The third-order valence-corrected chi connectivity index (χ3v) is 6.53. The molecule has 2 rings (SSSR count). The van der Waals surface area contributed by atoms with Gasteiger partial charge >= 0.3 is 0 Å². The van der Waals surface area contributed by atoms with Crippen molar-refractivity contribution in [1.82, 2.24) is 0 Å². The number of unbranched alkanes of at least 4 members (excludes halogenated alkanes) is 13. The second-order valence-electron chi connectivity index (χ2n) is 8.75. The van der Waals surface area contributed by atoms with Gasteiger partial charge in [0, 0.05) is 17.8 Å². The summed E-state index contributed by atoms with van der Waals surface area (Å²) in [4.78, 5) is 3.24. The van der Waals surface area contributed by atoms with Gasteiger partial charge in [0.15, 0.2) is 0 Å². The number of para-hydroxylation sites is 1. The zero-order valence-electron chi connectivity index (χ0n) is 19.7. The Balaban J connectivity index is 1.59. The molecule has 0 saturated carbocycles. The molecule has 0 aromatic heterocycles. The van der Waals surface area contributed by atoms with Gasteiger partial charge in [-0.3, -0.25) is 0 Å². The van der Waals surface area contributed by atoms with Crippen LogP contribution in [0.1, 0.15) is 102 Å². The third-order valence-electron chi connectivity index (χ3n) is 6.07. The molecule has 0 aliphatic carbocycles. The van der Waals surface area contributed by atoms with Gasteiger partial charge < -0.3 is 4.90 Å². The van der Waals surface area contributed by atoms with E-state index >= 15 is 0 Å². The Morgan fingerprint density at radius 3 is 1.48 bits per heavy atom. The Morgan fingerprint density at radius 2 is 1.00 bits per heavy atom. The molecular weight excluding hydrogens is 394 g/mol. The molecule has 31 heavy (non-hydrogen) atoms. The lowest BCUT2D eigenvalue weighted by Crippen LogP contribution is -2.31. The molecule has 0 saturated heterocycles. The van der Waals surface area contributed by atoms with Gasteiger partial charge in [-0.1, -0.05) is 151 Å². The fourth-order valence-electron chi connectivity index (χ4n) is 4.16. The average Bonchev–Trinajstić information content (AvgIpc) is 2.82. The van der Waals surface area contributed by atoms with Crippen LogP contribution in [0, 0.1) is 0 Å². The molecule has 0 aliphatic heterocycles. The summed E-state index contributed by atoms with van der Waals surface area (Å²) in [6.45, 7) is 3.29. The topological polar surface area (TPSA) is 3.24 Å². The summed E-state index contributed by atoms with van der Waals surface area (Å²) in [7, 11) is 0. The molecule has 0 N–H and O–H groups in total. The van der Waals surface area contributed by atoms with Crippen molar-refractivity contribution in [2.45, 2.75) is 96.8 Å². The molecule has 0 radical (unpaired) electrons. The lowest BCUT2D eigenvalue weighted by molar-refractivity contribution is 0.536. The maximum atomic E-state index is 5.85. The highest BCUT2D eigenvalue weighted by molar-refractivity contribution is 7.81. The quantitative estimate of drug-likeness (QED) is 0.179. The average molecular weight is 438 g/mol. The first-order valence-corrected chi connectivity index (χ1v) is 13.2. The van der Waals surface area contributed by atoms with Crippen molar-refractivity contribution in [3.63, 3.8) is 0 Å². The fourth-order valence-corrected chi connectivity index (χ4v) is 4.49. The van der Waals surface area contributed by atoms with Crippen molar-refractivity contribution in [3.8, 4) is 0 Å². The molecule has 2 heteroatoms. The molecule has 2 aromatic carbocycles. The fraction of sp³-hybridized carbons (Fsp3) is 0.552. The standard InChI is InChI=1S/C29H43NS/c1-2-3-4-5-6-7-8-9-10-11-12-13-14-21-26-30(28-24-19-16-20-25-28)29(31)27-22-17-15-18-23-27/h15-20,22-25H,2-14,21,26H2,1H3. The van der Waals surface area contributed by atoms with Crippen molar-refractivity contribution < 1.29 is 0 Å². The minimum absolute atomic E-state index is 0.932. The minimum Gasteiger partial charge on any atom is -0.332 e. The normalized spacial score (nSPS) is 10.9. The summed E-state index contributed by atoms with van der Waals surface area (Å²) in [5, 5.41) is 0. The highest BCUT2D eigenvalue weighted by atomic mass is 32.1. The largest absolute Gasteiger partial charge is 0.332 e. The van der Waals surface area contributed by atoms with Gasteiger partial charge in [0.05, 0.1) is 0 Å². The Kier molecular flexibility index (Phi) is 14.0. The smallest absolute Gasteiger partial charge is 0.113 e. The van der Waals surface area contributed by atoms with Crippen LogP contribution in [-0.2, 0) is 0 Å². The van der Waals surface area contributed by atoms with Gasteiger partial charge in [-0.15, -0.1) is 0 Å². The lowest BCUT2D eigenvalue weighted by Gasteiger charge is -2.25. The number of hydrogen-bond donors (Lipinski definition) is 0. The van der Waals surface area contributed by atoms with Crippen molar-refractivity contribution in [3.05, 3.63) is 66.2 Å². The number of rotatable bonds is 17. The predicted octanol–water partition coefficient (Wildman–Crippen LogP) is 9.35. The Labute approximate surface area is 197 Å². The number of thiocarbonyl (C=S) groups is 1. The number of nitrogens with zero attached hydrogens (tertiary/aromatic N) is 1. The number of benzene rings is 2. The van der Waals surface area contributed by atoms with Crippen LogP contribution in [0.25, 0.3) is 0 Å². The van der Waals surface area contributed by atoms with Gasteiger partial charge in [0.25, 0.3) is 0 Å². The lowest BCUT2D eigenvalue weighted by atomic mass is 10.0. The van der Waals surface area contributed by atoms with E-state index in [2.05, 4.69) is 66.4 Å². The maximum Gasteiger partial charge on any atom is 0.113 e. The maximum absolute atomic E-state index is 5.85. The molecule has 0 atom stereocenters. The van der Waals surface area contributed by atoms with Gasteiger partial charge in [0.2, 0.25) is 0 Å². The highest BCUT2D eigenvalue weighted by Crippen LogP contribution is 2.19. The Bertz CT molecular complexity index is 682. The van der Waals surface area contributed by atoms with Crippen LogP contribution in [0.4, 0.5) is 5.69 Å². The van der Waals surface area contributed by atoms with Crippen LogP contribution in [0.5, 0.6) is 0 Å². The molecule has 0 fully saturated rings. The Morgan fingerprint density at radius 1 is 0.581 bits per heavy atom. The van der Waals surface area contributed by atoms with Gasteiger partial charge in [-0.2, -0.15) is 0 Å². The summed E-state index contributed by atoms with van der Waals surface area (Å²) < 4.78 is 0. The third kappa shape index (κ3) is 11.0. The highest BCUT2D eigenvalue weighted by Gasteiger charge is 2.13. The van der Waals surface area contributed by atoms with E-state index in [0.29, 0.717) is 0 Å². The second-order valence-corrected chi connectivity index (χ2v) is 9.14. The first-order valence-electron chi connectivity index (χ1n) is 12.7. The van der Waals surface area contributed by atoms with Crippen molar-refractivity contribution in [1.29, 1.82) is 0 Å². The summed E-state index contributed by atoms with van der Waals surface area (Å²) >= 11 is 5.85. The van der Waals surface area contributed by atoms with E-state index in [0.717, 1.165) is 17.1 Å². The molecule has 1 nitrogen and oxygen atoms in total. The predicted molar refractivity (Wildman–Crippen MR) is 142 cm³/mol. The minimum atomic E-state index is 0.932. The summed E-state index contributed by atoms with van der Waals surface area (Å²) in [6.07, 6.45) is 19.4. The molecule has 170 valence electrons. The zero-order chi connectivity index (χ0) is 22.0. The monoisotopic (exact) mass is 437 g/mol. The van der Waals surface area contributed by atoms with E-state index in [1.165, 1.54) is 95.6 Å². The van der Waals surface area contributed by atoms with Crippen LogP contribution in [0.2, 0.25) is 0 Å². The van der Waals surface area contributed by atoms with E-state index < -0.39 is 0 Å². The van der Waals surface area contributed by atoms with Crippen LogP contribution in [0.3, 0.4) is 0 Å². The molecule has 0 amide bonds. The van der Waals surface area contributed by atoms with Crippen molar-refractivity contribution in [2.24, 2.45) is 0 Å². The van der Waals surface area contributed by atoms with Gasteiger partial charge in [0.1, 0.15) is 4.99 Å². The van der Waals surface area contributed by atoms with E-state index in [4.69, 9.17) is 12.2 Å². The zero-order valence-corrected chi connectivity index (χ0v) is 20.6. The number of anilines is 1. The first kappa shape index (κ1) is 25.6. The molecular formula is C29H43NS. The van der Waals surface area contributed by atoms with Crippen molar-refractivity contribution >= 4 is 22.9 Å². The number of hydrogen-bond acceptors (Lipinski definition) is 1. The van der Waals surface area contributed by atoms with E-state index in [9.17, 15) is 0 Å². The molecule has 0 spiro atoms.